The molecule has 5 N–H and O–H groups in total. The zero-order valence-corrected chi connectivity index (χ0v) is 20.9. The van der Waals surface area contributed by atoms with Gasteiger partial charge >= 0.3 is 11.9 Å². The summed E-state index contributed by atoms with van der Waals surface area (Å²) in [4.78, 5) is 19.3. The van der Waals surface area contributed by atoms with Crippen molar-refractivity contribution in [3.05, 3.63) is 95.6 Å². The van der Waals surface area contributed by atoms with Crippen LogP contribution in [0.4, 0.5) is 0 Å². The highest BCUT2D eigenvalue weighted by molar-refractivity contribution is 5.75. The number of aliphatic hydroxyl groups is 1. The molecule has 0 spiro atoms. The lowest BCUT2D eigenvalue weighted by atomic mass is 9.80. The fourth-order valence-corrected chi connectivity index (χ4v) is 3.57. The van der Waals surface area contributed by atoms with Crippen LogP contribution in [0.5, 0.6) is 11.5 Å². The average Bonchev–Trinajstić information content (AvgIpc) is 2.93. The molecule has 0 aliphatic rings. The van der Waals surface area contributed by atoms with E-state index in [-0.39, 0.29) is 26.1 Å². The molecule has 1 unspecified atom stereocenters. The van der Waals surface area contributed by atoms with Crippen molar-refractivity contribution in [2.75, 3.05) is 27.4 Å². The molecule has 3 aromatic carbocycles. The van der Waals surface area contributed by atoms with E-state index in [1.807, 2.05) is 78.9 Å². The number of benzene rings is 3. The minimum absolute atomic E-state index is 0.157. The number of rotatable bonds is 12. The van der Waals surface area contributed by atoms with Crippen LogP contribution >= 0.6 is 0 Å². The van der Waals surface area contributed by atoms with Crippen LogP contribution in [-0.2, 0) is 19.9 Å². The molecule has 0 aromatic heterocycles. The molecule has 0 saturated carbocycles. The van der Waals surface area contributed by atoms with Crippen LogP contribution in [0.15, 0.2) is 78.9 Å². The molecular formula is C28H33NO8. The van der Waals surface area contributed by atoms with E-state index in [0.717, 1.165) is 28.2 Å². The van der Waals surface area contributed by atoms with Crippen LogP contribution in [-0.4, -0.2) is 60.7 Å². The molecule has 0 amide bonds. The monoisotopic (exact) mass is 511 g/mol. The maximum atomic E-state index is 9.64. The van der Waals surface area contributed by atoms with Crippen LogP contribution in [0.2, 0.25) is 0 Å². The Balaban J connectivity index is 0.000000521. The van der Waals surface area contributed by atoms with Gasteiger partial charge in [0.05, 0.1) is 46.3 Å². The summed E-state index contributed by atoms with van der Waals surface area (Å²) in [6, 6.07) is 25.1. The number of aliphatic carboxylic acids is 2. The minimum Gasteiger partial charge on any atom is -0.497 e. The number of aliphatic hydroxyl groups excluding tert-OH is 1. The summed E-state index contributed by atoms with van der Waals surface area (Å²) in [7, 11) is 3.28. The fraction of sp³-hybridized carbons (Fsp3) is 0.286. The summed E-state index contributed by atoms with van der Waals surface area (Å²) in [5, 5.41) is 25.2. The van der Waals surface area contributed by atoms with Gasteiger partial charge in [-0.05, 0) is 41.0 Å². The van der Waals surface area contributed by atoms with Crippen molar-refractivity contribution in [3.63, 3.8) is 0 Å². The normalized spacial score (nSPS) is 11.6. The summed E-state index contributed by atoms with van der Waals surface area (Å²) in [5.74, 6) is -0.630. The molecule has 0 bridgehead atoms. The van der Waals surface area contributed by atoms with E-state index in [0.29, 0.717) is 0 Å². The zero-order chi connectivity index (χ0) is 27.3. The molecule has 1 atom stereocenters. The largest absolute Gasteiger partial charge is 0.497 e. The van der Waals surface area contributed by atoms with Crippen LogP contribution in [0.25, 0.3) is 0 Å². The van der Waals surface area contributed by atoms with Gasteiger partial charge in [-0.15, -0.1) is 0 Å². The van der Waals surface area contributed by atoms with E-state index >= 15 is 0 Å². The lowest BCUT2D eigenvalue weighted by Gasteiger charge is -2.36. The van der Waals surface area contributed by atoms with Gasteiger partial charge in [0, 0.05) is 0 Å². The highest BCUT2D eigenvalue weighted by Gasteiger charge is 2.38. The maximum Gasteiger partial charge on any atom is 0.303 e. The highest BCUT2D eigenvalue weighted by Crippen LogP contribution is 2.41. The van der Waals surface area contributed by atoms with Gasteiger partial charge in [0.1, 0.15) is 17.1 Å². The molecule has 0 saturated heterocycles. The Morgan fingerprint density at radius 3 is 1.51 bits per heavy atom. The summed E-state index contributed by atoms with van der Waals surface area (Å²) in [6.07, 6.45) is -0.593. The topological polar surface area (TPSA) is 149 Å². The Kier molecular flexibility index (Phi) is 11.6. The second kappa shape index (κ2) is 14.6. The third-order valence-electron chi connectivity index (χ3n) is 5.47. The molecule has 3 aromatic rings. The fourth-order valence-electron chi connectivity index (χ4n) is 3.57. The molecular weight excluding hydrogens is 478 g/mol. The Morgan fingerprint density at radius 1 is 0.757 bits per heavy atom. The van der Waals surface area contributed by atoms with Crippen molar-refractivity contribution in [2.24, 2.45) is 5.73 Å². The number of carbonyl (C=O) groups is 2. The lowest BCUT2D eigenvalue weighted by molar-refractivity contribution is -0.143. The molecule has 0 aliphatic heterocycles. The molecule has 0 fully saturated rings. The van der Waals surface area contributed by atoms with Gasteiger partial charge in [-0.1, -0.05) is 54.6 Å². The second-order valence-electron chi connectivity index (χ2n) is 8.05. The first-order valence-electron chi connectivity index (χ1n) is 11.5. The van der Waals surface area contributed by atoms with E-state index < -0.39 is 23.6 Å². The van der Waals surface area contributed by atoms with E-state index in [1.54, 1.807) is 14.2 Å². The Morgan fingerprint density at radius 2 is 1.16 bits per heavy atom. The first-order valence-corrected chi connectivity index (χ1v) is 11.5. The van der Waals surface area contributed by atoms with Gasteiger partial charge in [-0.25, -0.2) is 0 Å². The van der Waals surface area contributed by atoms with Crippen LogP contribution < -0.4 is 15.2 Å². The highest BCUT2D eigenvalue weighted by atomic mass is 16.5. The van der Waals surface area contributed by atoms with E-state index in [4.69, 9.17) is 30.2 Å². The Bertz CT molecular complexity index is 1040. The number of carboxylic acid groups (broad SMARTS) is 2. The summed E-state index contributed by atoms with van der Waals surface area (Å²) in [6.45, 7) is 0.0273. The SMILES string of the molecule is COc1ccc(C(OCC(N)CO)(c2ccccc2)c2ccc(OC)cc2)cc1.O=C(O)CCC(=O)O. The van der Waals surface area contributed by atoms with E-state index in [1.165, 1.54) is 0 Å². The van der Waals surface area contributed by atoms with Gasteiger partial charge in [0.15, 0.2) is 0 Å². The average molecular weight is 512 g/mol. The predicted molar refractivity (Wildman–Crippen MR) is 138 cm³/mol. The summed E-state index contributed by atoms with van der Waals surface area (Å²) >= 11 is 0. The quantitative estimate of drug-likeness (QED) is 0.269. The molecule has 0 aliphatic carbocycles. The molecule has 9 heteroatoms. The number of nitrogens with two attached hydrogens (primary N) is 1. The first-order chi connectivity index (χ1) is 17.8. The van der Waals surface area contributed by atoms with Gasteiger partial charge in [-0.2, -0.15) is 0 Å². The Hall–Kier alpha value is -3.92. The van der Waals surface area contributed by atoms with Gasteiger partial charge in [-0.3, -0.25) is 9.59 Å². The van der Waals surface area contributed by atoms with Crippen molar-refractivity contribution < 1.29 is 39.1 Å². The summed E-state index contributed by atoms with van der Waals surface area (Å²) < 4.78 is 17.2. The van der Waals surface area contributed by atoms with Crippen LogP contribution in [0.3, 0.4) is 0 Å². The van der Waals surface area contributed by atoms with Gasteiger partial charge in [0.2, 0.25) is 0 Å². The molecule has 9 nitrogen and oxygen atoms in total. The lowest BCUT2D eigenvalue weighted by Crippen LogP contribution is -2.39. The van der Waals surface area contributed by atoms with Crippen LogP contribution in [0, 0.1) is 0 Å². The van der Waals surface area contributed by atoms with Crippen molar-refractivity contribution in [1.29, 1.82) is 0 Å². The smallest absolute Gasteiger partial charge is 0.303 e. The number of hydrogen-bond acceptors (Lipinski definition) is 7. The number of carboxylic acids is 2. The third kappa shape index (κ3) is 8.32. The van der Waals surface area contributed by atoms with Crippen molar-refractivity contribution >= 4 is 11.9 Å². The van der Waals surface area contributed by atoms with Crippen molar-refractivity contribution in [2.45, 2.75) is 24.5 Å². The first kappa shape index (κ1) is 29.3. The number of ether oxygens (including phenoxy) is 3. The molecule has 0 radical (unpaired) electrons. The summed E-state index contributed by atoms with van der Waals surface area (Å²) in [5.41, 5.74) is 7.90. The predicted octanol–water partition coefficient (Wildman–Crippen LogP) is 3.27. The number of hydrogen-bond donors (Lipinski definition) is 4. The van der Waals surface area contributed by atoms with E-state index in [9.17, 15) is 14.7 Å². The zero-order valence-electron chi connectivity index (χ0n) is 20.9. The third-order valence-corrected chi connectivity index (χ3v) is 5.47. The van der Waals surface area contributed by atoms with Crippen LogP contribution in [0.1, 0.15) is 29.5 Å². The maximum absolute atomic E-state index is 9.64. The molecule has 0 heterocycles. The standard InChI is InChI=1S/C24H27NO4.C4H6O4/c1-27-22-12-8-19(9-13-22)24(29-17-21(25)16-26,18-6-4-3-5-7-18)20-10-14-23(28-2)15-11-20;5-3(6)1-2-4(7)8/h3-15,21,26H,16-17,25H2,1-2H3;1-2H2,(H,5,6)(H,7,8). The Labute approximate surface area is 216 Å². The minimum atomic E-state index is -1.08. The van der Waals surface area contributed by atoms with Crippen molar-refractivity contribution in [1.82, 2.24) is 0 Å². The van der Waals surface area contributed by atoms with Crippen molar-refractivity contribution in [3.8, 4) is 11.5 Å². The number of methoxy groups -OCH3 is 2. The molecule has 37 heavy (non-hydrogen) atoms. The van der Waals surface area contributed by atoms with Gasteiger partial charge < -0.3 is 35.3 Å². The van der Waals surface area contributed by atoms with E-state index in [2.05, 4.69) is 0 Å². The molecule has 198 valence electrons. The van der Waals surface area contributed by atoms with Gasteiger partial charge in [0.25, 0.3) is 0 Å². The second-order valence-corrected chi connectivity index (χ2v) is 8.05. The molecule has 3 rings (SSSR count).